The Balaban J connectivity index is 3.88. The number of nitrogens with one attached hydrogen (secondary N) is 1. The van der Waals surface area contributed by atoms with Gasteiger partial charge in [-0.3, -0.25) is 4.79 Å². The fourth-order valence-corrected chi connectivity index (χ4v) is 1.94. The first kappa shape index (κ1) is 14.7. The first-order valence-electron chi connectivity index (χ1n) is 5.17. The predicted octanol–water partition coefficient (Wildman–Crippen LogP) is 0.344. The van der Waals surface area contributed by atoms with Crippen LogP contribution in [-0.2, 0) is 4.79 Å². The lowest BCUT2D eigenvalue weighted by molar-refractivity contribution is -0.123. The van der Waals surface area contributed by atoms with Crippen molar-refractivity contribution in [1.82, 2.24) is 5.32 Å². The first-order valence-corrected chi connectivity index (χ1v) is 6.57. The summed E-state index contributed by atoms with van der Waals surface area (Å²) in [4.78, 5) is 11.4. The Labute approximate surface area is 96.0 Å². The molecule has 90 valence electrons. The molecule has 0 bridgehead atoms. The van der Waals surface area contributed by atoms with Gasteiger partial charge in [-0.15, -0.1) is 0 Å². The van der Waals surface area contributed by atoms with Crippen molar-refractivity contribution in [2.75, 3.05) is 18.6 Å². The van der Waals surface area contributed by atoms with Crippen molar-refractivity contribution in [3.05, 3.63) is 0 Å². The minimum absolute atomic E-state index is 0.182. The highest BCUT2D eigenvalue weighted by atomic mass is 32.2. The van der Waals surface area contributed by atoms with Crippen molar-refractivity contribution in [3.8, 4) is 0 Å². The normalized spacial score (nSPS) is 16.9. The molecule has 15 heavy (non-hydrogen) atoms. The zero-order chi connectivity index (χ0) is 11.9. The lowest BCUT2D eigenvalue weighted by Crippen LogP contribution is -2.48. The smallest absolute Gasteiger partial charge is 0.237 e. The van der Waals surface area contributed by atoms with Crippen molar-refractivity contribution in [2.45, 2.75) is 38.3 Å². The molecule has 4 nitrogen and oxygen atoms in total. The summed E-state index contributed by atoms with van der Waals surface area (Å²) >= 11 is 1.55. The Morgan fingerprint density at radius 3 is 2.73 bits per heavy atom. The van der Waals surface area contributed by atoms with E-state index >= 15 is 0 Å². The summed E-state index contributed by atoms with van der Waals surface area (Å²) < 4.78 is 0. The van der Waals surface area contributed by atoms with E-state index in [0.717, 1.165) is 6.42 Å². The van der Waals surface area contributed by atoms with Gasteiger partial charge in [0.05, 0.1) is 11.6 Å². The highest BCUT2D eigenvalue weighted by molar-refractivity contribution is 7.98. The number of hydrogen-bond acceptors (Lipinski definition) is 4. The van der Waals surface area contributed by atoms with Crippen LogP contribution in [0.15, 0.2) is 0 Å². The summed E-state index contributed by atoms with van der Waals surface area (Å²) in [6.45, 7) is 3.94. The molecule has 5 heteroatoms. The van der Waals surface area contributed by atoms with Gasteiger partial charge in [0, 0.05) is 12.3 Å². The van der Waals surface area contributed by atoms with Crippen LogP contribution in [0.3, 0.4) is 0 Å². The van der Waals surface area contributed by atoms with E-state index in [1.807, 2.05) is 13.2 Å². The van der Waals surface area contributed by atoms with Gasteiger partial charge in [0.1, 0.15) is 0 Å². The second kappa shape index (κ2) is 7.09. The molecule has 0 heterocycles. The molecule has 0 aliphatic carbocycles. The minimum atomic E-state index is -0.860. The van der Waals surface area contributed by atoms with Gasteiger partial charge in [0.25, 0.3) is 0 Å². The zero-order valence-corrected chi connectivity index (χ0v) is 10.6. The van der Waals surface area contributed by atoms with E-state index in [4.69, 9.17) is 5.73 Å². The van der Waals surface area contributed by atoms with Crippen LogP contribution in [0.5, 0.6) is 0 Å². The SMILES string of the molecule is CCC[C@H](N)C(=O)NCC(C)(O)CSC. The molecule has 0 saturated carbocycles. The molecule has 0 aromatic carbocycles. The standard InChI is InChI=1S/C10H22N2O2S/c1-4-5-8(11)9(13)12-6-10(2,14)7-15-3/h8,14H,4-7,11H2,1-3H3,(H,12,13)/t8-,10?/m0/s1. The van der Waals surface area contributed by atoms with Gasteiger partial charge in [-0.05, 0) is 19.6 Å². The van der Waals surface area contributed by atoms with Crippen LogP contribution in [0.4, 0.5) is 0 Å². The van der Waals surface area contributed by atoms with Gasteiger partial charge in [-0.1, -0.05) is 13.3 Å². The monoisotopic (exact) mass is 234 g/mol. The molecular formula is C10H22N2O2S. The molecule has 0 rings (SSSR count). The molecule has 0 saturated heterocycles. The van der Waals surface area contributed by atoms with Crippen molar-refractivity contribution in [2.24, 2.45) is 5.73 Å². The summed E-state index contributed by atoms with van der Waals surface area (Å²) in [7, 11) is 0. The topological polar surface area (TPSA) is 75.4 Å². The number of aliphatic hydroxyl groups is 1. The highest BCUT2D eigenvalue weighted by Gasteiger charge is 2.21. The molecule has 0 aliphatic rings. The Kier molecular flexibility index (Phi) is 6.96. The largest absolute Gasteiger partial charge is 0.387 e. The van der Waals surface area contributed by atoms with Crippen LogP contribution in [0.2, 0.25) is 0 Å². The quantitative estimate of drug-likeness (QED) is 0.594. The molecular weight excluding hydrogens is 212 g/mol. The molecule has 4 N–H and O–H groups in total. The fraction of sp³-hybridized carbons (Fsp3) is 0.900. The number of rotatable bonds is 7. The van der Waals surface area contributed by atoms with E-state index in [0.29, 0.717) is 12.2 Å². The van der Waals surface area contributed by atoms with Crippen molar-refractivity contribution in [1.29, 1.82) is 0 Å². The second-order valence-corrected chi connectivity index (χ2v) is 4.91. The number of carbonyl (C=O) groups is 1. The van der Waals surface area contributed by atoms with Gasteiger partial charge in [-0.2, -0.15) is 11.8 Å². The highest BCUT2D eigenvalue weighted by Crippen LogP contribution is 2.09. The third-order valence-electron chi connectivity index (χ3n) is 2.04. The van der Waals surface area contributed by atoms with Crippen molar-refractivity contribution >= 4 is 17.7 Å². The lowest BCUT2D eigenvalue weighted by Gasteiger charge is -2.23. The lowest BCUT2D eigenvalue weighted by atomic mass is 10.1. The van der Waals surface area contributed by atoms with Gasteiger partial charge in [0.15, 0.2) is 0 Å². The average molecular weight is 234 g/mol. The molecule has 0 aliphatic heterocycles. The Bertz CT molecular complexity index is 198. The van der Waals surface area contributed by atoms with E-state index in [1.54, 1.807) is 18.7 Å². The maximum atomic E-state index is 11.4. The van der Waals surface area contributed by atoms with E-state index in [2.05, 4.69) is 5.32 Å². The van der Waals surface area contributed by atoms with Crippen LogP contribution in [0.1, 0.15) is 26.7 Å². The van der Waals surface area contributed by atoms with Crippen LogP contribution < -0.4 is 11.1 Å². The number of carbonyl (C=O) groups excluding carboxylic acids is 1. The zero-order valence-electron chi connectivity index (χ0n) is 9.75. The van der Waals surface area contributed by atoms with Crippen LogP contribution in [-0.4, -0.2) is 41.2 Å². The number of amides is 1. The van der Waals surface area contributed by atoms with Crippen LogP contribution >= 0.6 is 11.8 Å². The summed E-state index contributed by atoms with van der Waals surface area (Å²) in [6, 6.07) is -0.458. The van der Waals surface area contributed by atoms with Gasteiger partial charge >= 0.3 is 0 Å². The molecule has 0 radical (unpaired) electrons. The molecule has 0 aromatic rings. The number of nitrogens with two attached hydrogens (primary N) is 1. The van der Waals surface area contributed by atoms with E-state index in [-0.39, 0.29) is 12.5 Å². The van der Waals surface area contributed by atoms with Crippen molar-refractivity contribution in [3.63, 3.8) is 0 Å². The van der Waals surface area contributed by atoms with Gasteiger partial charge in [0.2, 0.25) is 5.91 Å². The average Bonchev–Trinajstić information content (AvgIpc) is 2.14. The van der Waals surface area contributed by atoms with E-state index < -0.39 is 11.6 Å². The third kappa shape index (κ3) is 6.76. The molecule has 0 spiro atoms. The van der Waals surface area contributed by atoms with E-state index in [9.17, 15) is 9.90 Å². The van der Waals surface area contributed by atoms with Crippen LogP contribution in [0.25, 0.3) is 0 Å². The molecule has 2 atom stereocenters. The minimum Gasteiger partial charge on any atom is -0.387 e. The second-order valence-electron chi connectivity index (χ2n) is 4.04. The number of hydrogen-bond donors (Lipinski definition) is 3. The summed E-state index contributed by atoms with van der Waals surface area (Å²) in [5.41, 5.74) is 4.77. The summed E-state index contributed by atoms with van der Waals surface area (Å²) in [5.74, 6) is 0.411. The first-order chi connectivity index (χ1) is 6.93. The molecule has 1 unspecified atom stereocenters. The Morgan fingerprint density at radius 2 is 2.27 bits per heavy atom. The predicted molar refractivity (Wildman–Crippen MR) is 64.9 cm³/mol. The maximum Gasteiger partial charge on any atom is 0.237 e. The number of thioether (sulfide) groups is 1. The molecule has 0 aromatic heterocycles. The van der Waals surface area contributed by atoms with Crippen LogP contribution in [0, 0.1) is 0 Å². The fourth-order valence-electron chi connectivity index (χ4n) is 1.21. The maximum absolute atomic E-state index is 11.4. The third-order valence-corrected chi connectivity index (χ3v) is 2.95. The Hall–Kier alpha value is -0.260. The molecule has 1 amide bonds. The Morgan fingerprint density at radius 1 is 1.67 bits per heavy atom. The van der Waals surface area contributed by atoms with Crippen molar-refractivity contribution < 1.29 is 9.90 Å². The van der Waals surface area contributed by atoms with E-state index in [1.165, 1.54) is 0 Å². The van der Waals surface area contributed by atoms with Gasteiger partial charge in [-0.25, -0.2) is 0 Å². The molecule has 0 fully saturated rings. The van der Waals surface area contributed by atoms with Gasteiger partial charge < -0.3 is 16.2 Å². The summed E-state index contributed by atoms with van der Waals surface area (Å²) in [5, 5.41) is 12.5. The summed E-state index contributed by atoms with van der Waals surface area (Å²) in [6.07, 6.45) is 3.48.